The van der Waals surface area contributed by atoms with E-state index in [1.54, 1.807) is 24.3 Å². The average molecular weight is 409 g/mol. The molecule has 0 aliphatic carbocycles. The Hall–Kier alpha value is -1.51. The molecule has 0 spiro atoms. The Morgan fingerprint density at radius 2 is 1.90 bits per heavy atom. The van der Waals surface area contributed by atoms with Crippen LogP contribution in [-0.2, 0) is 6.54 Å². The third kappa shape index (κ3) is 4.48. The van der Waals surface area contributed by atoms with Crippen LogP contribution in [0.3, 0.4) is 0 Å². The van der Waals surface area contributed by atoms with E-state index in [0.29, 0.717) is 9.33 Å². The molecule has 0 aliphatic heterocycles. The van der Waals surface area contributed by atoms with Crippen molar-refractivity contribution in [1.29, 1.82) is 0 Å². The molecule has 0 N–H and O–H groups in total. The van der Waals surface area contributed by atoms with E-state index in [-0.39, 0.29) is 12.1 Å². The van der Waals surface area contributed by atoms with E-state index in [0.717, 1.165) is 4.90 Å². The molecule has 0 bridgehead atoms. The van der Waals surface area contributed by atoms with Crippen LogP contribution in [0.2, 0.25) is 0 Å². The maximum Gasteiger partial charge on any atom is 0.406 e. The molecule has 1 aromatic heterocycles. The molecule has 1 amide bonds. The molecule has 1 heterocycles. The molecule has 7 heteroatoms. The second-order valence-corrected chi connectivity index (χ2v) is 5.50. The molecule has 2 rings (SSSR count). The van der Waals surface area contributed by atoms with E-state index in [2.05, 4.69) is 0 Å². The third-order valence-corrected chi connectivity index (χ3v) is 3.63. The normalized spacial score (nSPS) is 11.4. The maximum absolute atomic E-state index is 12.7. The van der Waals surface area contributed by atoms with Crippen molar-refractivity contribution in [3.63, 3.8) is 0 Å². The van der Waals surface area contributed by atoms with Crippen LogP contribution in [0, 0.1) is 3.57 Å². The Kier molecular flexibility index (Phi) is 4.92. The third-order valence-electron chi connectivity index (χ3n) is 2.69. The summed E-state index contributed by atoms with van der Waals surface area (Å²) in [5.74, 6) is -0.368. The lowest BCUT2D eigenvalue weighted by Crippen LogP contribution is -2.38. The van der Waals surface area contributed by atoms with Crippen LogP contribution in [0.1, 0.15) is 16.1 Å². The summed E-state index contributed by atoms with van der Waals surface area (Å²) in [6.45, 7) is -1.55. The molecular weight excluding hydrogens is 398 g/mol. The summed E-state index contributed by atoms with van der Waals surface area (Å²) in [6, 6.07) is 9.62. The Bertz CT molecular complexity index is 611. The number of rotatable bonds is 4. The number of amides is 1. The first-order valence-electron chi connectivity index (χ1n) is 6.00. The predicted octanol–water partition coefficient (Wildman–Crippen LogP) is 4.09. The van der Waals surface area contributed by atoms with Crippen molar-refractivity contribution in [2.24, 2.45) is 0 Å². The zero-order valence-corrected chi connectivity index (χ0v) is 12.9. The second kappa shape index (κ2) is 6.50. The highest BCUT2D eigenvalue weighted by molar-refractivity contribution is 14.1. The first-order valence-corrected chi connectivity index (χ1v) is 7.07. The quantitative estimate of drug-likeness (QED) is 0.714. The molecule has 1 aromatic carbocycles. The molecule has 0 atom stereocenters. The van der Waals surface area contributed by atoms with Gasteiger partial charge in [0, 0.05) is 3.57 Å². The largest absolute Gasteiger partial charge is 0.467 e. The van der Waals surface area contributed by atoms with Gasteiger partial charge in [-0.05, 0) is 46.9 Å². The number of furan rings is 1. The summed E-state index contributed by atoms with van der Waals surface area (Å²) in [7, 11) is 0. The fourth-order valence-electron chi connectivity index (χ4n) is 1.81. The van der Waals surface area contributed by atoms with E-state index in [9.17, 15) is 18.0 Å². The van der Waals surface area contributed by atoms with Gasteiger partial charge in [0.2, 0.25) is 0 Å². The van der Waals surface area contributed by atoms with E-state index < -0.39 is 18.6 Å². The van der Waals surface area contributed by atoms with Crippen molar-refractivity contribution >= 4 is 28.5 Å². The Labute approximate surface area is 132 Å². The zero-order chi connectivity index (χ0) is 15.5. The molecule has 0 fully saturated rings. The first-order chi connectivity index (χ1) is 9.87. The van der Waals surface area contributed by atoms with Gasteiger partial charge in [-0.1, -0.05) is 12.1 Å². The topological polar surface area (TPSA) is 33.5 Å². The average Bonchev–Trinajstić information content (AvgIpc) is 2.89. The smallest absolute Gasteiger partial charge is 0.406 e. The molecule has 21 heavy (non-hydrogen) atoms. The number of hydrogen-bond donors (Lipinski definition) is 0. The zero-order valence-electron chi connectivity index (χ0n) is 10.7. The lowest BCUT2D eigenvalue weighted by atomic mass is 10.2. The number of nitrogens with zero attached hydrogens (tertiary/aromatic N) is 1. The van der Waals surface area contributed by atoms with E-state index >= 15 is 0 Å². The summed E-state index contributed by atoms with van der Waals surface area (Å²) < 4.78 is 43.7. The number of alkyl halides is 3. The van der Waals surface area contributed by atoms with Gasteiger partial charge in [-0.3, -0.25) is 4.79 Å². The summed E-state index contributed by atoms with van der Waals surface area (Å²) in [6.07, 6.45) is -3.11. The molecule has 3 nitrogen and oxygen atoms in total. The van der Waals surface area contributed by atoms with Gasteiger partial charge in [0.05, 0.1) is 18.4 Å². The van der Waals surface area contributed by atoms with Gasteiger partial charge < -0.3 is 9.32 Å². The van der Waals surface area contributed by atoms with Gasteiger partial charge in [-0.15, -0.1) is 0 Å². The Morgan fingerprint density at radius 3 is 2.48 bits per heavy atom. The molecule has 0 unspecified atom stereocenters. The van der Waals surface area contributed by atoms with Crippen molar-refractivity contribution in [1.82, 2.24) is 4.90 Å². The summed E-state index contributed by atoms with van der Waals surface area (Å²) in [5, 5.41) is 0. The highest BCUT2D eigenvalue weighted by Crippen LogP contribution is 2.22. The van der Waals surface area contributed by atoms with E-state index in [1.165, 1.54) is 18.4 Å². The standard InChI is InChI=1S/C14H11F3INO2/c15-14(16,17)9-19(8-10-4-3-7-21-10)13(20)11-5-1-2-6-12(11)18/h1-7H,8-9H2. The van der Waals surface area contributed by atoms with Crippen LogP contribution in [0.4, 0.5) is 13.2 Å². The van der Waals surface area contributed by atoms with E-state index in [1.807, 2.05) is 22.6 Å². The van der Waals surface area contributed by atoms with Gasteiger partial charge in [-0.2, -0.15) is 13.2 Å². The van der Waals surface area contributed by atoms with Crippen LogP contribution in [0.25, 0.3) is 0 Å². The fraction of sp³-hybridized carbons (Fsp3) is 0.214. The number of carbonyl (C=O) groups excluding carboxylic acids is 1. The highest BCUT2D eigenvalue weighted by Gasteiger charge is 2.34. The minimum absolute atomic E-state index is 0.226. The van der Waals surface area contributed by atoms with Gasteiger partial charge >= 0.3 is 6.18 Å². The van der Waals surface area contributed by atoms with Crippen LogP contribution in [-0.4, -0.2) is 23.5 Å². The monoisotopic (exact) mass is 409 g/mol. The molecule has 0 radical (unpaired) electrons. The highest BCUT2D eigenvalue weighted by atomic mass is 127. The van der Waals surface area contributed by atoms with Crippen LogP contribution in [0.5, 0.6) is 0 Å². The van der Waals surface area contributed by atoms with Gasteiger partial charge in [0.1, 0.15) is 12.3 Å². The van der Waals surface area contributed by atoms with E-state index in [4.69, 9.17) is 4.42 Å². The first kappa shape index (κ1) is 15.9. The van der Waals surface area contributed by atoms with Crippen molar-refractivity contribution in [3.05, 3.63) is 57.6 Å². The second-order valence-electron chi connectivity index (χ2n) is 4.34. The van der Waals surface area contributed by atoms with Gasteiger partial charge in [0.25, 0.3) is 5.91 Å². The van der Waals surface area contributed by atoms with Crippen LogP contribution in [0.15, 0.2) is 47.1 Å². The summed E-state index contributed by atoms with van der Waals surface area (Å²) in [5.41, 5.74) is 0.244. The lowest BCUT2D eigenvalue weighted by molar-refractivity contribution is -0.142. The number of hydrogen-bond acceptors (Lipinski definition) is 2. The lowest BCUT2D eigenvalue weighted by Gasteiger charge is -2.23. The minimum Gasteiger partial charge on any atom is -0.467 e. The maximum atomic E-state index is 12.7. The summed E-state index contributed by atoms with van der Waals surface area (Å²) in [4.78, 5) is 13.1. The van der Waals surface area contributed by atoms with Crippen molar-refractivity contribution in [3.8, 4) is 0 Å². The van der Waals surface area contributed by atoms with Crippen LogP contribution >= 0.6 is 22.6 Å². The summed E-state index contributed by atoms with van der Waals surface area (Å²) >= 11 is 1.92. The molecule has 0 saturated carbocycles. The molecule has 0 aliphatic rings. The molecule has 0 saturated heterocycles. The Balaban J connectivity index is 2.26. The van der Waals surface area contributed by atoms with Gasteiger partial charge in [-0.25, -0.2) is 0 Å². The minimum atomic E-state index is -4.47. The Morgan fingerprint density at radius 1 is 1.19 bits per heavy atom. The molecular formula is C14H11F3INO2. The number of benzene rings is 1. The number of carbonyl (C=O) groups is 1. The molecule has 112 valence electrons. The van der Waals surface area contributed by atoms with Crippen LogP contribution < -0.4 is 0 Å². The van der Waals surface area contributed by atoms with Crippen molar-refractivity contribution < 1.29 is 22.4 Å². The fourth-order valence-corrected chi connectivity index (χ4v) is 2.43. The predicted molar refractivity (Wildman–Crippen MR) is 78.7 cm³/mol. The van der Waals surface area contributed by atoms with Crippen molar-refractivity contribution in [2.45, 2.75) is 12.7 Å². The SMILES string of the molecule is O=C(c1ccccc1I)N(Cc1ccco1)CC(F)(F)F. The molecule has 2 aromatic rings. The van der Waals surface area contributed by atoms with Crippen molar-refractivity contribution in [2.75, 3.05) is 6.54 Å². The van der Waals surface area contributed by atoms with Gasteiger partial charge in [0.15, 0.2) is 0 Å². The number of halogens is 4.